The molecule has 216 valence electrons. The molecule has 4 aliphatic carbocycles. The summed E-state index contributed by atoms with van der Waals surface area (Å²) >= 11 is 0. The van der Waals surface area contributed by atoms with Crippen LogP contribution in [0.15, 0.2) is 23.3 Å². The van der Waals surface area contributed by atoms with E-state index in [9.17, 15) is 39.9 Å². The molecule has 1 aliphatic heterocycles. The van der Waals surface area contributed by atoms with Gasteiger partial charge in [-0.3, -0.25) is 14.4 Å². The van der Waals surface area contributed by atoms with Gasteiger partial charge in [0, 0.05) is 18.3 Å². The summed E-state index contributed by atoms with van der Waals surface area (Å²) in [5, 5.41) is 54.2. The molecule has 1 saturated heterocycles. The number of carbonyl (C=O) groups excluding carboxylic acids is 2. The summed E-state index contributed by atoms with van der Waals surface area (Å²) in [6, 6.07) is 0. The summed E-state index contributed by atoms with van der Waals surface area (Å²) in [6.45, 7) is 12.2. The Kier molecular flexibility index (Phi) is 5.94. The first kappa shape index (κ1) is 28.6. The predicted octanol–water partition coefficient (Wildman–Crippen LogP) is 1.95. The smallest absolute Gasteiger partial charge is 0.306 e. The standard InChI is InChI=1S/C30H42O9/c1-14(24(36)37)8-15(31)12-27(5,38)19-10-21(34)29(7)28(19,6)20(33)9-18-26(4)13-16(32)23(35)25(2,3)17(26)11-22-30(18,29)39-22/h9-10,14,16-17,21-23,32,34-35,38H,8,11-13H2,1-7H3,(H,36,37)/t14?,16-,17?,21-,22+,23+,26+,27+,28+,29-,30-/m1/s1. The van der Waals surface area contributed by atoms with Gasteiger partial charge >= 0.3 is 5.97 Å². The molecule has 9 nitrogen and oxygen atoms in total. The zero-order valence-corrected chi connectivity index (χ0v) is 23.8. The van der Waals surface area contributed by atoms with Crippen molar-refractivity contribution in [2.24, 2.45) is 33.5 Å². The maximum Gasteiger partial charge on any atom is 0.306 e. The lowest BCUT2D eigenvalue weighted by atomic mass is 9.40. The highest BCUT2D eigenvalue weighted by Gasteiger charge is 2.85. The Balaban J connectivity index is 1.58. The molecule has 0 aromatic heterocycles. The van der Waals surface area contributed by atoms with Crippen molar-refractivity contribution in [1.29, 1.82) is 0 Å². The highest BCUT2D eigenvalue weighted by Crippen LogP contribution is 2.79. The highest BCUT2D eigenvalue weighted by molar-refractivity contribution is 6.02. The number of rotatable bonds is 6. The number of carboxylic acid groups (broad SMARTS) is 1. The van der Waals surface area contributed by atoms with Crippen LogP contribution in [-0.4, -0.2) is 78.7 Å². The number of hydrogen-bond donors (Lipinski definition) is 5. The van der Waals surface area contributed by atoms with Gasteiger partial charge in [0.25, 0.3) is 0 Å². The summed E-state index contributed by atoms with van der Waals surface area (Å²) in [5.41, 5.74) is -5.81. The second-order valence-electron chi connectivity index (χ2n) is 14.3. The van der Waals surface area contributed by atoms with Gasteiger partial charge in [0.15, 0.2) is 5.78 Å². The highest BCUT2D eigenvalue weighted by atomic mass is 16.6. The molecule has 1 spiro atoms. The number of carbonyl (C=O) groups is 3. The Hall–Kier alpha value is -1.91. The molecule has 5 N–H and O–H groups in total. The monoisotopic (exact) mass is 546 g/mol. The van der Waals surface area contributed by atoms with E-state index in [1.54, 1.807) is 19.9 Å². The third kappa shape index (κ3) is 3.28. The van der Waals surface area contributed by atoms with Gasteiger partial charge in [-0.25, -0.2) is 0 Å². The molecule has 5 aliphatic rings. The van der Waals surface area contributed by atoms with E-state index in [2.05, 4.69) is 0 Å². The van der Waals surface area contributed by atoms with Crippen molar-refractivity contribution in [3.05, 3.63) is 23.3 Å². The zero-order chi connectivity index (χ0) is 29.3. The summed E-state index contributed by atoms with van der Waals surface area (Å²) in [7, 11) is 0. The van der Waals surface area contributed by atoms with Crippen molar-refractivity contribution in [2.45, 2.75) is 110 Å². The maximum absolute atomic E-state index is 14.2. The Bertz CT molecular complexity index is 1210. The van der Waals surface area contributed by atoms with Crippen LogP contribution in [-0.2, 0) is 19.1 Å². The minimum atomic E-state index is -1.81. The number of hydrogen-bond acceptors (Lipinski definition) is 8. The number of aliphatic hydroxyl groups excluding tert-OH is 3. The van der Waals surface area contributed by atoms with Gasteiger partial charge in [-0.1, -0.05) is 40.7 Å². The van der Waals surface area contributed by atoms with E-state index in [1.165, 1.54) is 19.9 Å². The number of Topliss-reactive ketones (excluding diaryl/α,β-unsaturated/α-hetero) is 1. The van der Waals surface area contributed by atoms with Crippen LogP contribution in [0.4, 0.5) is 0 Å². The number of allylic oxidation sites excluding steroid dienone is 1. The Morgan fingerprint density at radius 3 is 2.36 bits per heavy atom. The van der Waals surface area contributed by atoms with E-state index in [-0.39, 0.29) is 36.2 Å². The molecule has 39 heavy (non-hydrogen) atoms. The topological polar surface area (TPSA) is 165 Å². The normalized spacial score (nSPS) is 47.9. The Morgan fingerprint density at radius 2 is 1.77 bits per heavy atom. The Morgan fingerprint density at radius 1 is 1.15 bits per heavy atom. The van der Waals surface area contributed by atoms with Crippen LogP contribution in [0.5, 0.6) is 0 Å². The van der Waals surface area contributed by atoms with Crippen molar-refractivity contribution < 1.29 is 44.7 Å². The average Bonchev–Trinajstić information content (AvgIpc) is 3.49. The van der Waals surface area contributed by atoms with Gasteiger partial charge in [0.1, 0.15) is 11.4 Å². The minimum Gasteiger partial charge on any atom is -0.481 e. The lowest BCUT2D eigenvalue weighted by Crippen LogP contribution is -2.68. The number of carboxylic acids is 1. The van der Waals surface area contributed by atoms with Gasteiger partial charge < -0.3 is 30.3 Å². The second-order valence-corrected chi connectivity index (χ2v) is 14.3. The van der Waals surface area contributed by atoms with E-state index in [0.29, 0.717) is 6.42 Å². The quantitative estimate of drug-likeness (QED) is 0.247. The van der Waals surface area contributed by atoms with Gasteiger partial charge in [-0.2, -0.15) is 0 Å². The van der Waals surface area contributed by atoms with Crippen LogP contribution < -0.4 is 0 Å². The number of ketones is 2. The molecular formula is C30H42O9. The van der Waals surface area contributed by atoms with E-state index in [4.69, 9.17) is 4.74 Å². The predicted molar refractivity (Wildman–Crippen MR) is 139 cm³/mol. The molecule has 9 heteroatoms. The fraction of sp³-hybridized carbons (Fsp3) is 0.767. The summed E-state index contributed by atoms with van der Waals surface area (Å²) in [4.78, 5) is 38.3. The first-order valence-electron chi connectivity index (χ1n) is 13.9. The number of aliphatic hydroxyl groups is 4. The molecular weight excluding hydrogens is 504 g/mol. The molecule has 1 heterocycles. The summed E-state index contributed by atoms with van der Waals surface area (Å²) in [6.07, 6.45) is -0.200. The lowest BCUT2D eigenvalue weighted by Gasteiger charge is -2.62. The molecule has 2 unspecified atom stereocenters. The third-order valence-corrected chi connectivity index (χ3v) is 11.7. The Labute approximate surface area is 228 Å². The van der Waals surface area contributed by atoms with Crippen molar-refractivity contribution in [3.63, 3.8) is 0 Å². The molecule has 0 aromatic carbocycles. The summed E-state index contributed by atoms with van der Waals surface area (Å²) < 4.78 is 6.52. The van der Waals surface area contributed by atoms with Crippen LogP contribution in [0.3, 0.4) is 0 Å². The van der Waals surface area contributed by atoms with Crippen LogP contribution in [0.1, 0.15) is 74.1 Å². The number of fused-ring (bicyclic) bond motifs is 3. The van der Waals surface area contributed by atoms with Crippen molar-refractivity contribution in [2.75, 3.05) is 0 Å². The van der Waals surface area contributed by atoms with Gasteiger partial charge in [-0.15, -0.1) is 0 Å². The molecule has 0 amide bonds. The molecule has 11 atom stereocenters. The van der Waals surface area contributed by atoms with Crippen LogP contribution in [0.25, 0.3) is 0 Å². The largest absolute Gasteiger partial charge is 0.481 e. The fourth-order valence-corrected chi connectivity index (χ4v) is 9.38. The molecule has 2 saturated carbocycles. The zero-order valence-electron chi connectivity index (χ0n) is 23.8. The van der Waals surface area contributed by atoms with Gasteiger partial charge in [-0.05, 0) is 60.7 Å². The summed E-state index contributed by atoms with van der Waals surface area (Å²) in [5.74, 6) is -2.88. The molecule has 0 aromatic rings. The van der Waals surface area contributed by atoms with Crippen molar-refractivity contribution >= 4 is 17.5 Å². The molecule has 0 bridgehead atoms. The number of ether oxygens (including phenoxy) is 1. The van der Waals surface area contributed by atoms with Gasteiger partial charge in [0.05, 0.1) is 41.3 Å². The molecule has 3 fully saturated rings. The maximum atomic E-state index is 14.2. The van der Waals surface area contributed by atoms with Crippen LogP contribution >= 0.6 is 0 Å². The van der Waals surface area contributed by atoms with E-state index >= 15 is 0 Å². The van der Waals surface area contributed by atoms with Gasteiger partial charge in [0.2, 0.25) is 0 Å². The van der Waals surface area contributed by atoms with Crippen molar-refractivity contribution in [1.82, 2.24) is 0 Å². The van der Waals surface area contributed by atoms with Crippen LogP contribution in [0.2, 0.25) is 0 Å². The van der Waals surface area contributed by atoms with Crippen LogP contribution in [0, 0.1) is 33.5 Å². The third-order valence-electron chi connectivity index (χ3n) is 11.7. The van der Waals surface area contributed by atoms with E-state index in [0.717, 1.165) is 5.57 Å². The SMILES string of the molecule is CC(CC(=O)C[C@](C)(O)C1=C[C@@H](O)[C@]2(C)[C@]1(C)C(=O)C=C1[C@]23O[C@H]3CC2C(C)(C)[C@@H](O)[C@H](O)C[C@]12C)C(=O)O. The second kappa shape index (κ2) is 8.10. The first-order chi connectivity index (χ1) is 17.7. The molecule has 0 radical (unpaired) electrons. The van der Waals surface area contributed by atoms with E-state index in [1.807, 2.05) is 20.8 Å². The van der Waals surface area contributed by atoms with Crippen molar-refractivity contribution in [3.8, 4) is 0 Å². The fourth-order valence-electron chi connectivity index (χ4n) is 9.38. The average molecular weight is 547 g/mol. The first-order valence-corrected chi connectivity index (χ1v) is 13.9. The number of aliphatic carboxylic acids is 1. The molecule has 5 rings (SSSR count). The lowest BCUT2D eigenvalue weighted by molar-refractivity contribution is -0.167. The number of epoxide rings is 1. The minimum absolute atomic E-state index is 0.0843. The van der Waals surface area contributed by atoms with E-state index < -0.39 is 75.3 Å².